The first-order valence-corrected chi connectivity index (χ1v) is 8.03. The summed E-state index contributed by atoms with van der Waals surface area (Å²) in [6.07, 6.45) is 3.23. The molecule has 6 heteroatoms. The van der Waals surface area contributed by atoms with Gasteiger partial charge >= 0.3 is 0 Å². The van der Waals surface area contributed by atoms with Crippen molar-refractivity contribution in [1.82, 2.24) is 15.5 Å². The van der Waals surface area contributed by atoms with E-state index in [0.717, 1.165) is 44.1 Å². The summed E-state index contributed by atoms with van der Waals surface area (Å²) in [5.41, 5.74) is 0.988. The molecule has 0 radical (unpaired) electrons. The summed E-state index contributed by atoms with van der Waals surface area (Å²) in [6.45, 7) is 5.92. The maximum Gasteiger partial charge on any atom is 0.191 e. The van der Waals surface area contributed by atoms with Crippen LogP contribution >= 0.6 is 24.0 Å². The van der Waals surface area contributed by atoms with Gasteiger partial charge in [-0.05, 0) is 44.1 Å². The fourth-order valence-electron chi connectivity index (χ4n) is 2.14. The summed E-state index contributed by atoms with van der Waals surface area (Å²) in [5, 5.41) is 6.55. The van der Waals surface area contributed by atoms with Gasteiger partial charge in [-0.1, -0.05) is 25.5 Å². The van der Waals surface area contributed by atoms with Gasteiger partial charge < -0.3 is 15.5 Å². The molecule has 132 valence electrons. The second-order valence-corrected chi connectivity index (χ2v) is 5.46. The van der Waals surface area contributed by atoms with Crippen LogP contribution in [0.4, 0.5) is 4.39 Å². The van der Waals surface area contributed by atoms with Gasteiger partial charge in [0.15, 0.2) is 5.96 Å². The van der Waals surface area contributed by atoms with E-state index in [1.165, 1.54) is 18.9 Å². The van der Waals surface area contributed by atoms with E-state index in [1.54, 1.807) is 19.2 Å². The summed E-state index contributed by atoms with van der Waals surface area (Å²) in [6, 6.07) is 6.71. The third kappa shape index (κ3) is 10.5. The van der Waals surface area contributed by atoms with Crippen molar-refractivity contribution in [2.75, 3.05) is 40.3 Å². The largest absolute Gasteiger partial charge is 0.356 e. The highest BCUT2D eigenvalue weighted by atomic mass is 127. The SMILES string of the molecule is CCCCN(C)CCNC(=NC)NCCc1cccc(F)c1.I. The topological polar surface area (TPSA) is 39.7 Å². The van der Waals surface area contributed by atoms with E-state index in [-0.39, 0.29) is 29.8 Å². The van der Waals surface area contributed by atoms with Gasteiger partial charge in [0.1, 0.15) is 5.82 Å². The van der Waals surface area contributed by atoms with Gasteiger partial charge in [-0.2, -0.15) is 0 Å². The molecule has 0 saturated heterocycles. The molecular weight excluding hydrogens is 406 g/mol. The molecule has 0 aliphatic carbocycles. The van der Waals surface area contributed by atoms with Crippen LogP contribution in [-0.4, -0.2) is 51.1 Å². The van der Waals surface area contributed by atoms with Crippen LogP contribution in [0.2, 0.25) is 0 Å². The molecule has 0 bridgehead atoms. The van der Waals surface area contributed by atoms with Crippen molar-refractivity contribution < 1.29 is 4.39 Å². The van der Waals surface area contributed by atoms with E-state index in [2.05, 4.69) is 34.5 Å². The molecule has 23 heavy (non-hydrogen) atoms. The minimum atomic E-state index is -0.185. The molecule has 0 atom stereocenters. The van der Waals surface area contributed by atoms with Crippen LogP contribution in [0.5, 0.6) is 0 Å². The van der Waals surface area contributed by atoms with Crippen molar-refractivity contribution in [3.63, 3.8) is 0 Å². The Labute approximate surface area is 157 Å². The predicted octanol–water partition coefficient (Wildman–Crippen LogP) is 2.88. The van der Waals surface area contributed by atoms with E-state index in [0.29, 0.717) is 0 Å². The lowest BCUT2D eigenvalue weighted by Gasteiger charge is -2.18. The molecule has 1 rings (SSSR count). The van der Waals surface area contributed by atoms with Crippen molar-refractivity contribution >= 4 is 29.9 Å². The van der Waals surface area contributed by atoms with Crippen molar-refractivity contribution in [2.24, 2.45) is 4.99 Å². The maximum absolute atomic E-state index is 13.1. The van der Waals surface area contributed by atoms with Gasteiger partial charge in [0.05, 0.1) is 0 Å². The first-order chi connectivity index (χ1) is 10.7. The third-order valence-corrected chi connectivity index (χ3v) is 3.50. The Balaban J connectivity index is 0.00000484. The Morgan fingerprint density at radius 3 is 2.61 bits per heavy atom. The van der Waals surface area contributed by atoms with Crippen molar-refractivity contribution in [2.45, 2.75) is 26.2 Å². The molecule has 0 amide bonds. The molecule has 4 nitrogen and oxygen atoms in total. The number of hydrogen-bond acceptors (Lipinski definition) is 2. The van der Waals surface area contributed by atoms with E-state index in [4.69, 9.17) is 0 Å². The Morgan fingerprint density at radius 2 is 1.96 bits per heavy atom. The molecule has 0 saturated carbocycles. The Kier molecular flexibility index (Phi) is 13.0. The number of hydrogen-bond donors (Lipinski definition) is 2. The lowest BCUT2D eigenvalue weighted by atomic mass is 10.1. The average molecular weight is 436 g/mol. The van der Waals surface area contributed by atoms with Crippen molar-refractivity contribution in [3.8, 4) is 0 Å². The van der Waals surface area contributed by atoms with Gasteiger partial charge in [-0.15, -0.1) is 24.0 Å². The Bertz CT molecular complexity index is 454. The Morgan fingerprint density at radius 1 is 1.22 bits per heavy atom. The Hall–Kier alpha value is -0.890. The second kappa shape index (κ2) is 13.5. The van der Waals surface area contributed by atoms with Gasteiger partial charge in [0.2, 0.25) is 0 Å². The molecule has 0 aromatic heterocycles. The van der Waals surface area contributed by atoms with Crippen LogP contribution < -0.4 is 10.6 Å². The fraction of sp³-hybridized carbons (Fsp3) is 0.588. The average Bonchev–Trinajstić information content (AvgIpc) is 2.51. The minimum Gasteiger partial charge on any atom is -0.356 e. The zero-order valence-corrected chi connectivity index (χ0v) is 16.8. The number of benzene rings is 1. The molecule has 0 spiro atoms. The van der Waals surface area contributed by atoms with Gasteiger partial charge in [-0.25, -0.2) is 4.39 Å². The monoisotopic (exact) mass is 436 g/mol. The predicted molar refractivity (Wildman–Crippen MR) is 107 cm³/mol. The standard InChI is InChI=1S/C17H29FN4.HI/c1-4-5-12-22(3)13-11-21-17(19-2)20-10-9-15-7-6-8-16(18)14-15;/h6-8,14H,4-5,9-13H2,1-3H3,(H2,19,20,21);1H. The molecular formula is C17H30FIN4. The number of unbranched alkanes of at least 4 members (excludes halogenated alkanes) is 1. The van der Waals surface area contributed by atoms with Gasteiger partial charge in [0.25, 0.3) is 0 Å². The van der Waals surface area contributed by atoms with Crippen molar-refractivity contribution in [3.05, 3.63) is 35.6 Å². The van der Waals surface area contributed by atoms with Crippen LogP contribution in [0, 0.1) is 5.82 Å². The number of guanidine groups is 1. The van der Waals surface area contributed by atoms with Gasteiger partial charge in [-0.3, -0.25) is 4.99 Å². The number of nitrogens with one attached hydrogen (secondary N) is 2. The summed E-state index contributed by atoms with van der Waals surface area (Å²) < 4.78 is 13.1. The number of rotatable bonds is 9. The number of likely N-dealkylation sites (N-methyl/N-ethyl adjacent to an activating group) is 1. The molecule has 0 heterocycles. The van der Waals surface area contributed by atoms with Crippen LogP contribution in [-0.2, 0) is 6.42 Å². The third-order valence-electron chi connectivity index (χ3n) is 3.50. The zero-order chi connectivity index (χ0) is 16.2. The lowest BCUT2D eigenvalue weighted by Crippen LogP contribution is -2.41. The van der Waals surface area contributed by atoms with E-state index in [9.17, 15) is 4.39 Å². The molecule has 0 aliphatic rings. The quantitative estimate of drug-likeness (QED) is 0.355. The highest BCUT2D eigenvalue weighted by Crippen LogP contribution is 2.03. The molecule has 0 fully saturated rings. The van der Waals surface area contributed by atoms with Crippen molar-refractivity contribution in [1.29, 1.82) is 0 Å². The second-order valence-electron chi connectivity index (χ2n) is 5.46. The number of nitrogens with zero attached hydrogens (tertiary/aromatic N) is 2. The first-order valence-electron chi connectivity index (χ1n) is 8.03. The summed E-state index contributed by atoms with van der Waals surface area (Å²) >= 11 is 0. The number of halogens is 2. The molecule has 2 N–H and O–H groups in total. The van der Waals surface area contributed by atoms with E-state index in [1.807, 2.05) is 6.07 Å². The number of aliphatic imine (C=N–C) groups is 1. The fourth-order valence-corrected chi connectivity index (χ4v) is 2.14. The molecule has 1 aromatic carbocycles. The smallest absolute Gasteiger partial charge is 0.191 e. The van der Waals surface area contributed by atoms with E-state index < -0.39 is 0 Å². The molecule has 0 unspecified atom stereocenters. The highest BCUT2D eigenvalue weighted by molar-refractivity contribution is 14.0. The van der Waals surface area contributed by atoms with E-state index >= 15 is 0 Å². The maximum atomic E-state index is 13.1. The normalized spacial score (nSPS) is 11.3. The molecule has 1 aromatic rings. The van der Waals surface area contributed by atoms with Crippen LogP contribution in [0.3, 0.4) is 0 Å². The summed E-state index contributed by atoms with van der Waals surface area (Å²) in [7, 11) is 3.90. The summed E-state index contributed by atoms with van der Waals surface area (Å²) in [4.78, 5) is 6.51. The first kappa shape index (κ1) is 22.1. The zero-order valence-electron chi connectivity index (χ0n) is 14.4. The lowest BCUT2D eigenvalue weighted by molar-refractivity contribution is 0.332. The van der Waals surface area contributed by atoms with Crippen LogP contribution in [0.25, 0.3) is 0 Å². The van der Waals surface area contributed by atoms with Crippen LogP contribution in [0.1, 0.15) is 25.3 Å². The highest BCUT2D eigenvalue weighted by Gasteiger charge is 2.01. The molecule has 0 aliphatic heterocycles. The summed E-state index contributed by atoms with van der Waals surface area (Å²) in [5.74, 6) is 0.607. The minimum absolute atomic E-state index is 0. The van der Waals surface area contributed by atoms with Crippen LogP contribution in [0.15, 0.2) is 29.3 Å². The van der Waals surface area contributed by atoms with Gasteiger partial charge in [0, 0.05) is 26.7 Å².